The molecule has 0 heterocycles. The minimum atomic E-state index is -4.02. The van der Waals surface area contributed by atoms with E-state index in [0.717, 1.165) is 36.8 Å². The van der Waals surface area contributed by atoms with E-state index >= 15 is 0 Å². The van der Waals surface area contributed by atoms with E-state index in [0.29, 0.717) is 6.42 Å². The Balaban J connectivity index is 0.000000537. The maximum atomic E-state index is 13.9. The molecule has 2 aliphatic carbocycles. The number of hydrogen-bond acceptors (Lipinski definition) is 8. The van der Waals surface area contributed by atoms with Crippen LogP contribution in [0.25, 0.3) is 0 Å². The van der Waals surface area contributed by atoms with E-state index < -0.39 is 44.7 Å². The van der Waals surface area contributed by atoms with Crippen LogP contribution in [-0.4, -0.2) is 41.8 Å². The van der Waals surface area contributed by atoms with E-state index in [-0.39, 0.29) is 34.9 Å². The molecule has 0 bridgehead atoms. The fourth-order valence-corrected chi connectivity index (χ4v) is 7.37. The second-order valence-corrected chi connectivity index (χ2v) is 14.7. The second-order valence-electron chi connectivity index (χ2n) is 13.3. The summed E-state index contributed by atoms with van der Waals surface area (Å²) >= 11 is 0. The Morgan fingerprint density at radius 1 is 1.00 bits per heavy atom. The standard InChI is InChI=1S/C26H44N4O4.C7H8O3S/c1-16(2)13-21(23(32)29-28)26(24(33)30-34)15-20(19-9-7-6-8-10-19)11-12-25(26,14-17(3)4)22(31)18(5)27;1-6-2-4-7(5-3-6)11(8,9)10/h11-12,15-19,21,34H,6-10,13-14,27-28H2,1-5H3,(H,29,32)(H,30,33);2-5H,1H3,(H,8,9,10)/t18-,21+,25?,26?;/m1./s1. The van der Waals surface area contributed by atoms with Gasteiger partial charge in [0.15, 0.2) is 5.78 Å². The van der Waals surface area contributed by atoms with Crippen LogP contribution in [0.4, 0.5) is 0 Å². The molecular formula is C33H52N4O7S. The van der Waals surface area contributed by atoms with Crippen molar-refractivity contribution in [3.8, 4) is 0 Å². The number of allylic oxidation sites excluding steroid dienone is 3. The highest BCUT2D eigenvalue weighted by atomic mass is 32.2. The molecule has 3 rings (SSSR count). The molecule has 8 N–H and O–H groups in total. The van der Waals surface area contributed by atoms with Gasteiger partial charge in [-0.05, 0) is 75.0 Å². The van der Waals surface area contributed by atoms with Gasteiger partial charge in [0.2, 0.25) is 5.91 Å². The number of hydrazine groups is 1. The predicted molar refractivity (Wildman–Crippen MR) is 173 cm³/mol. The molecule has 4 atom stereocenters. The molecule has 0 aliphatic heterocycles. The lowest BCUT2D eigenvalue weighted by atomic mass is 9.48. The maximum Gasteiger partial charge on any atom is 0.294 e. The van der Waals surface area contributed by atoms with Crippen molar-refractivity contribution in [2.45, 2.75) is 97.4 Å². The number of carbonyl (C=O) groups is 3. The summed E-state index contributed by atoms with van der Waals surface area (Å²) in [7, 11) is -4.02. The van der Waals surface area contributed by atoms with Gasteiger partial charge in [0.25, 0.3) is 16.0 Å². The summed E-state index contributed by atoms with van der Waals surface area (Å²) in [6.45, 7) is 11.3. The van der Waals surface area contributed by atoms with E-state index in [4.69, 9.17) is 16.1 Å². The summed E-state index contributed by atoms with van der Waals surface area (Å²) in [5.74, 6) is 3.21. The highest BCUT2D eigenvalue weighted by Gasteiger charge is 2.64. The normalized spacial score (nSPS) is 23.4. The van der Waals surface area contributed by atoms with Crippen molar-refractivity contribution in [1.82, 2.24) is 10.9 Å². The lowest BCUT2D eigenvalue weighted by molar-refractivity contribution is -0.160. The molecule has 45 heavy (non-hydrogen) atoms. The summed E-state index contributed by atoms with van der Waals surface area (Å²) in [5.41, 5.74) is 8.98. The monoisotopic (exact) mass is 648 g/mol. The number of hydroxylamine groups is 1. The topological polar surface area (TPSA) is 202 Å². The molecule has 0 spiro atoms. The van der Waals surface area contributed by atoms with Crippen LogP contribution in [0.2, 0.25) is 0 Å². The summed E-state index contributed by atoms with van der Waals surface area (Å²) in [4.78, 5) is 41.0. The molecule has 0 radical (unpaired) electrons. The highest BCUT2D eigenvalue weighted by Crippen LogP contribution is 2.57. The van der Waals surface area contributed by atoms with Gasteiger partial charge in [-0.3, -0.25) is 29.6 Å². The zero-order valence-corrected chi connectivity index (χ0v) is 28.2. The van der Waals surface area contributed by atoms with Gasteiger partial charge in [-0.25, -0.2) is 11.3 Å². The molecule has 12 heteroatoms. The molecule has 11 nitrogen and oxygen atoms in total. The van der Waals surface area contributed by atoms with E-state index in [1.54, 1.807) is 31.2 Å². The number of Topliss-reactive ketones (excluding diaryl/α,β-unsaturated/α-hetero) is 1. The molecule has 2 aliphatic rings. The number of nitrogens with one attached hydrogen (secondary N) is 2. The minimum Gasteiger partial charge on any atom is -0.322 e. The van der Waals surface area contributed by atoms with Gasteiger partial charge in [-0.2, -0.15) is 8.42 Å². The fourth-order valence-electron chi connectivity index (χ4n) is 6.89. The molecule has 2 unspecified atom stereocenters. The molecule has 1 fully saturated rings. The quantitative estimate of drug-likeness (QED) is 0.0661. The van der Waals surface area contributed by atoms with Crippen LogP contribution in [0.15, 0.2) is 53.0 Å². The van der Waals surface area contributed by atoms with Crippen LogP contribution in [0.3, 0.4) is 0 Å². The number of nitrogens with two attached hydrogens (primary N) is 2. The van der Waals surface area contributed by atoms with Gasteiger partial charge in [0.1, 0.15) is 0 Å². The molecule has 1 saturated carbocycles. The van der Waals surface area contributed by atoms with Crippen molar-refractivity contribution in [2.24, 2.45) is 46.1 Å². The second kappa shape index (κ2) is 16.1. The summed E-state index contributed by atoms with van der Waals surface area (Å²) in [6, 6.07) is 5.11. The zero-order valence-electron chi connectivity index (χ0n) is 27.4. The first-order chi connectivity index (χ1) is 21.0. The van der Waals surface area contributed by atoms with Crippen LogP contribution in [-0.2, 0) is 24.5 Å². The lowest BCUT2D eigenvalue weighted by Gasteiger charge is -2.52. The van der Waals surface area contributed by atoms with Crippen molar-refractivity contribution in [2.75, 3.05) is 0 Å². The third-order valence-corrected chi connectivity index (χ3v) is 9.73. The first-order valence-corrected chi connectivity index (χ1v) is 17.1. The van der Waals surface area contributed by atoms with Crippen LogP contribution in [0.5, 0.6) is 0 Å². The SMILES string of the molecule is CC(C)C[C@@H](C(=O)NN)C1(C(=O)NO)C=C(C2CCCCC2)C=CC1(CC(C)C)C(=O)[C@@H](C)N.Cc1ccc(S(=O)(=O)O)cc1. The minimum absolute atomic E-state index is 0.00323. The van der Waals surface area contributed by atoms with Crippen molar-refractivity contribution in [3.63, 3.8) is 0 Å². The van der Waals surface area contributed by atoms with Crippen LogP contribution >= 0.6 is 0 Å². The largest absolute Gasteiger partial charge is 0.322 e. The third-order valence-electron chi connectivity index (χ3n) is 8.86. The first-order valence-electron chi connectivity index (χ1n) is 15.7. The van der Waals surface area contributed by atoms with Crippen molar-refractivity contribution in [1.29, 1.82) is 0 Å². The van der Waals surface area contributed by atoms with Crippen molar-refractivity contribution in [3.05, 3.63) is 53.6 Å². The fraction of sp³-hybridized carbons (Fsp3) is 0.606. The number of ketones is 1. The maximum absolute atomic E-state index is 13.9. The smallest absolute Gasteiger partial charge is 0.294 e. The molecule has 2 amide bonds. The number of aryl methyl sites for hydroxylation is 1. The van der Waals surface area contributed by atoms with E-state index in [9.17, 15) is 28.0 Å². The molecular weight excluding hydrogens is 596 g/mol. The number of benzene rings is 1. The summed E-state index contributed by atoms with van der Waals surface area (Å²) in [5, 5.41) is 10.0. The highest BCUT2D eigenvalue weighted by molar-refractivity contribution is 7.85. The van der Waals surface area contributed by atoms with Crippen molar-refractivity contribution < 1.29 is 32.6 Å². The van der Waals surface area contributed by atoms with Gasteiger partial charge >= 0.3 is 0 Å². The van der Waals surface area contributed by atoms with Crippen LogP contribution in [0, 0.1) is 41.4 Å². The Labute approximate surface area is 268 Å². The van der Waals surface area contributed by atoms with E-state index in [2.05, 4.69) is 5.43 Å². The number of rotatable bonds is 11. The Bertz CT molecular complexity index is 1350. The van der Waals surface area contributed by atoms with Crippen LogP contribution in [0.1, 0.15) is 85.1 Å². The molecule has 0 aromatic heterocycles. The Morgan fingerprint density at radius 3 is 2.02 bits per heavy atom. The van der Waals surface area contributed by atoms with E-state index in [1.807, 2.05) is 46.2 Å². The summed E-state index contributed by atoms with van der Waals surface area (Å²) in [6.07, 6.45) is 11.4. The van der Waals surface area contributed by atoms with Gasteiger partial charge in [0.05, 0.1) is 27.7 Å². The van der Waals surface area contributed by atoms with Gasteiger partial charge in [-0.15, -0.1) is 0 Å². The molecule has 0 saturated heterocycles. The summed E-state index contributed by atoms with van der Waals surface area (Å²) < 4.78 is 29.6. The van der Waals surface area contributed by atoms with Crippen molar-refractivity contribution >= 4 is 27.7 Å². The zero-order chi connectivity index (χ0) is 34.2. The molecule has 1 aromatic carbocycles. The number of amides is 2. The Hall–Kier alpha value is -2.90. The van der Waals surface area contributed by atoms with Gasteiger partial charge < -0.3 is 5.73 Å². The average molecular weight is 649 g/mol. The first kappa shape index (κ1) is 38.3. The van der Waals surface area contributed by atoms with Gasteiger partial charge in [0, 0.05) is 0 Å². The predicted octanol–water partition coefficient (Wildman–Crippen LogP) is 4.40. The van der Waals surface area contributed by atoms with E-state index in [1.165, 1.54) is 18.6 Å². The Morgan fingerprint density at radius 2 is 1.58 bits per heavy atom. The Kier molecular flexibility index (Phi) is 13.7. The van der Waals surface area contributed by atoms with Gasteiger partial charge in [-0.1, -0.05) is 82.9 Å². The third kappa shape index (κ3) is 8.88. The lowest BCUT2D eigenvalue weighted by Crippen LogP contribution is -2.64. The van der Waals surface area contributed by atoms with Crippen LogP contribution < -0.4 is 22.5 Å². The number of hydrogen-bond donors (Lipinski definition) is 6. The average Bonchev–Trinajstić information content (AvgIpc) is 2.99. The number of carbonyl (C=O) groups excluding carboxylic acids is 3. The molecule has 1 aromatic rings. The molecule has 252 valence electrons.